The summed E-state index contributed by atoms with van der Waals surface area (Å²) in [5.41, 5.74) is 10.6. The number of ether oxygens (including phenoxy) is 2. The Labute approximate surface area is 117 Å². The molecule has 2 heterocycles. The van der Waals surface area contributed by atoms with Gasteiger partial charge in [0.15, 0.2) is 0 Å². The highest BCUT2D eigenvalue weighted by molar-refractivity contribution is 5.85. The Hall–Kier alpha value is -1.66. The zero-order valence-electron chi connectivity index (χ0n) is 10.3. The smallest absolute Gasteiger partial charge is 0.424 e. The molecule has 0 aliphatic carbocycles. The SMILES string of the molecule is Cl.Nc1ccc2c(c1)C(NN1CCOC1=O)CCO2. The molecule has 3 rings (SSSR count). The van der Waals surface area contributed by atoms with E-state index in [2.05, 4.69) is 5.43 Å². The Morgan fingerprint density at radius 3 is 2.89 bits per heavy atom. The van der Waals surface area contributed by atoms with Gasteiger partial charge < -0.3 is 15.2 Å². The van der Waals surface area contributed by atoms with E-state index < -0.39 is 0 Å². The first-order valence-corrected chi connectivity index (χ1v) is 5.97. The first-order chi connectivity index (χ1) is 8.74. The van der Waals surface area contributed by atoms with Gasteiger partial charge in [-0.15, -0.1) is 12.4 Å². The zero-order chi connectivity index (χ0) is 12.5. The van der Waals surface area contributed by atoms with Gasteiger partial charge in [0, 0.05) is 17.7 Å². The second kappa shape index (κ2) is 5.54. The standard InChI is InChI=1S/C12H15N3O3.ClH/c13-8-1-2-11-9(7-8)10(3-5-17-11)14-15-4-6-18-12(15)16;/h1-2,7,10,14H,3-6,13H2;1H. The van der Waals surface area contributed by atoms with E-state index in [0.29, 0.717) is 25.4 Å². The molecule has 104 valence electrons. The fourth-order valence-electron chi connectivity index (χ4n) is 2.25. The van der Waals surface area contributed by atoms with Crippen molar-refractivity contribution in [3.63, 3.8) is 0 Å². The quantitative estimate of drug-likeness (QED) is 0.805. The molecule has 1 fully saturated rings. The van der Waals surface area contributed by atoms with Crippen molar-refractivity contribution >= 4 is 24.2 Å². The molecule has 1 aromatic carbocycles. The largest absolute Gasteiger partial charge is 0.493 e. The van der Waals surface area contributed by atoms with Crippen LogP contribution in [0.3, 0.4) is 0 Å². The lowest BCUT2D eigenvalue weighted by Gasteiger charge is -2.29. The number of halogens is 1. The zero-order valence-corrected chi connectivity index (χ0v) is 11.1. The first kappa shape index (κ1) is 13.8. The second-order valence-corrected chi connectivity index (χ2v) is 4.38. The number of hydrazine groups is 1. The number of carbonyl (C=O) groups excluding carboxylic acids is 1. The number of hydrogen-bond donors (Lipinski definition) is 2. The van der Waals surface area contributed by atoms with Gasteiger partial charge in [-0.25, -0.2) is 15.2 Å². The topological polar surface area (TPSA) is 76.8 Å². The molecule has 7 heteroatoms. The van der Waals surface area contributed by atoms with Gasteiger partial charge in [-0.3, -0.25) is 0 Å². The van der Waals surface area contributed by atoms with Crippen LogP contribution in [-0.2, 0) is 4.74 Å². The van der Waals surface area contributed by atoms with Crippen molar-refractivity contribution in [1.82, 2.24) is 10.4 Å². The number of carbonyl (C=O) groups is 1. The summed E-state index contributed by atoms with van der Waals surface area (Å²) in [7, 11) is 0. The summed E-state index contributed by atoms with van der Waals surface area (Å²) < 4.78 is 10.5. The molecule has 6 nitrogen and oxygen atoms in total. The minimum Gasteiger partial charge on any atom is -0.493 e. The molecule has 1 aromatic rings. The highest BCUT2D eigenvalue weighted by Gasteiger charge is 2.28. The third-order valence-corrected chi connectivity index (χ3v) is 3.15. The van der Waals surface area contributed by atoms with Gasteiger partial charge in [0.05, 0.1) is 19.2 Å². The molecule has 1 saturated heterocycles. The molecule has 3 N–H and O–H groups in total. The number of rotatable bonds is 2. The molecule has 19 heavy (non-hydrogen) atoms. The first-order valence-electron chi connectivity index (χ1n) is 5.97. The van der Waals surface area contributed by atoms with E-state index in [0.717, 1.165) is 17.7 Å². The van der Waals surface area contributed by atoms with Gasteiger partial charge in [-0.2, -0.15) is 0 Å². The number of cyclic esters (lactones) is 1. The lowest BCUT2D eigenvalue weighted by molar-refractivity contribution is 0.130. The molecule has 0 bridgehead atoms. The number of fused-ring (bicyclic) bond motifs is 1. The predicted molar refractivity (Wildman–Crippen MR) is 72.1 cm³/mol. The maximum atomic E-state index is 11.4. The van der Waals surface area contributed by atoms with Crippen LogP contribution in [0.4, 0.5) is 10.5 Å². The Kier molecular flexibility index (Phi) is 4.01. The number of nitrogens with one attached hydrogen (secondary N) is 1. The normalized spacial score (nSPS) is 21.2. The highest BCUT2D eigenvalue weighted by Crippen LogP contribution is 2.33. The van der Waals surface area contributed by atoms with E-state index in [9.17, 15) is 4.79 Å². The van der Waals surface area contributed by atoms with E-state index in [1.165, 1.54) is 5.01 Å². The highest BCUT2D eigenvalue weighted by atomic mass is 35.5. The van der Waals surface area contributed by atoms with E-state index in [4.69, 9.17) is 15.2 Å². The van der Waals surface area contributed by atoms with Crippen LogP contribution in [0, 0.1) is 0 Å². The third kappa shape index (κ3) is 2.69. The molecule has 0 spiro atoms. The van der Waals surface area contributed by atoms with Crippen molar-refractivity contribution < 1.29 is 14.3 Å². The fourth-order valence-corrected chi connectivity index (χ4v) is 2.25. The van der Waals surface area contributed by atoms with Gasteiger partial charge in [0.1, 0.15) is 12.4 Å². The summed E-state index contributed by atoms with van der Waals surface area (Å²) in [4.78, 5) is 11.4. The number of hydrogen-bond acceptors (Lipinski definition) is 5. The molecule has 0 aromatic heterocycles. The summed E-state index contributed by atoms with van der Waals surface area (Å²) in [5.74, 6) is 0.820. The van der Waals surface area contributed by atoms with E-state index in [1.54, 1.807) is 0 Å². The van der Waals surface area contributed by atoms with Crippen molar-refractivity contribution in [1.29, 1.82) is 0 Å². The fraction of sp³-hybridized carbons (Fsp3) is 0.417. The molecule has 0 radical (unpaired) electrons. The summed E-state index contributed by atoms with van der Waals surface area (Å²) in [6.07, 6.45) is 0.465. The van der Waals surface area contributed by atoms with Crippen LogP contribution in [-0.4, -0.2) is 30.9 Å². The van der Waals surface area contributed by atoms with Crippen LogP contribution in [0.5, 0.6) is 5.75 Å². The van der Waals surface area contributed by atoms with E-state index >= 15 is 0 Å². The number of nitrogen functional groups attached to an aromatic ring is 1. The number of nitrogens with two attached hydrogens (primary N) is 1. The van der Waals surface area contributed by atoms with Gasteiger partial charge >= 0.3 is 6.09 Å². The average Bonchev–Trinajstić information content (AvgIpc) is 2.76. The van der Waals surface area contributed by atoms with Crippen molar-refractivity contribution in [2.75, 3.05) is 25.5 Å². The lowest BCUT2D eigenvalue weighted by atomic mass is 10.0. The van der Waals surface area contributed by atoms with Crippen LogP contribution in [0.25, 0.3) is 0 Å². The summed E-state index contributed by atoms with van der Waals surface area (Å²) in [6, 6.07) is 5.59. The van der Waals surface area contributed by atoms with Crippen LogP contribution in [0.15, 0.2) is 18.2 Å². The summed E-state index contributed by atoms with van der Waals surface area (Å²) >= 11 is 0. The van der Waals surface area contributed by atoms with Crippen LogP contribution < -0.4 is 15.9 Å². The van der Waals surface area contributed by atoms with Crippen molar-refractivity contribution in [2.45, 2.75) is 12.5 Å². The van der Waals surface area contributed by atoms with Gasteiger partial charge in [0.25, 0.3) is 0 Å². The second-order valence-electron chi connectivity index (χ2n) is 4.38. The number of benzene rings is 1. The van der Waals surface area contributed by atoms with Crippen LogP contribution >= 0.6 is 12.4 Å². The average molecular weight is 286 g/mol. The van der Waals surface area contributed by atoms with E-state index in [-0.39, 0.29) is 24.5 Å². The Morgan fingerprint density at radius 2 is 2.16 bits per heavy atom. The summed E-state index contributed by atoms with van der Waals surface area (Å²) in [5, 5.41) is 1.50. The van der Waals surface area contributed by atoms with Crippen LogP contribution in [0.1, 0.15) is 18.0 Å². The van der Waals surface area contributed by atoms with Gasteiger partial charge in [0.2, 0.25) is 0 Å². The molecule has 1 atom stereocenters. The van der Waals surface area contributed by atoms with Gasteiger partial charge in [-0.1, -0.05) is 0 Å². The lowest BCUT2D eigenvalue weighted by Crippen LogP contribution is -2.42. The molecular weight excluding hydrogens is 270 g/mol. The predicted octanol–water partition coefficient (Wildman–Crippen LogP) is 1.47. The molecule has 1 unspecified atom stereocenters. The molecule has 1 amide bonds. The Balaban J connectivity index is 0.00000133. The third-order valence-electron chi connectivity index (χ3n) is 3.15. The number of anilines is 1. The van der Waals surface area contributed by atoms with Crippen molar-refractivity contribution in [3.05, 3.63) is 23.8 Å². The molecule has 0 saturated carbocycles. The molecule has 2 aliphatic heterocycles. The van der Waals surface area contributed by atoms with E-state index in [1.807, 2.05) is 18.2 Å². The monoisotopic (exact) mass is 285 g/mol. The minimum absolute atomic E-state index is 0. The van der Waals surface area contributed by atoms with Crippen LogP contribution in [0.2, 0.25) is 0 Å². The van der Waals surface area contributed by atoms with Crippen molar-refractivity contribution in [2.24, 2.45) is 0 Å². The maximum Gasteiger partial charge on any atom is 0.424 e. The minimum atomic E-state index is -0.327. The van der Waals surface area contributed by atoms with Crippen molar-refractivity contribution in [3.8, 4) is 5.75 Å². The number of amides is 1. The molecule has 2 aliphatic rings. The maximum absolute atomic E-state index is 11.4. The molecular formula is C12H16ClN3O3. The Morgan fingerprint density at radius 1 is 1.32 bits per heavy atom. The Bertz CT molecular complexity index is 483. The van der Waals surface area contributed by atoms with Gasteiger partial charge in [-0.05, 0) is 18.2 Å². The summed E-state index contributed by atoms with van der Waals surface area (Å²) in [6.45, 7) is 1.62. The number of nitrogens with zero attached hydrogens (tertiary/aromatic N) is 1.